The Balaban J connectivity index is 2.84. The van der Waals surface area contributed by atoms with Crippen LogP contribution >= 0.6 is 0 Å². The van der Waals surface area contributed by atoms with Gasteiger partial charge in [0.1, 0.15) is 0 Å². The summed E-state index contributed by atoms with van der Waals surface area (Å²) in [6.45, 7) is 3.59. The van der Waals surface area contributed by atoms with E-state index in [1.165, 1.54) is 0 Å². The zero-order valence-electron chi connectivity index (χ0n) is 9.57. The van der Waals surface area contributed by atoms with Gasteiger partial charge in [-0.3, -0.25) is 0 Å². The summed E-state index contributed by atoms with van der Waals surface area (Å²) in [6, 6.07) is 0. The average molecular weight is 116 g/mol. The van der Waals surface area contributed by atoms with E-state index in [9.17, 15) is 0 Å². The van der Waals surface area contributed by atoms with Crippen LogP contribution in [0.4, 0.5) is 0 Å². The average Bonchev–Trinajstić information content (AvgIpc) is 1.80. The van der Waals surface area contributed by atoms with Crippen molar-refractivity contribution < 1.29 is 5.48 Å². The molecule has 0 heteroatoms. The van der Waals surface area contributed by atoms with Crippen molar-refractivity contribution in [3.63, 3.8) is 0 Å². The minimum Gasteiger partial charge on any atom is -0.0625 e. The molecule has 0 aliphatic heterocycles. The van der Waals surface area contributed by atoms with Gasteiger partial charge < -0.3 is 0 Å². The fourth-order valence-electron chi connectivity index (χ4n) is 0.900. The minimum atomic E-state index is -1.33. The number of hydrogen-bond donors (Lipinski definition) is 0. The molecule has 1 aliphatic rings. The van der Waals surface area contributed by atoms with E-state index in [1.807, 2.05) is 6.92 Å². The van der Waals surface area contributed by atoms with Crippen LogP contribution < -0.4 is 0 Å². The molecule has 0 amide bonds. The second-order valence-corrected chi connectivity index (χ2v) is 2.64. The highest BCUT2D eigenvalue weighted by molar-refractivity contribution is 4.65. The first-order valence-corrected chi connectivity index (χ1v) is 3.26. The molecular formula is C8H16. The Bertz CT molecular complexity index is 158. The van der Waals surface area contributed by atoms with Crippen LogP contribution in [0, 0.1) is 11.8 Å². The Morgan fingerprint density at radius 1 is 1.12 bits per heavy atom. The molecule has 0 radical (unpaired) electrons. The summed E-state index contributed by atoms with van der Waals surface area (Å²) >= 11 is 0. The summed E-state index contributed by atoms with van der Waals surface area (Å²) in [5.41, 5.74) is 0. The van der Waals surface area contributed by atoms with Crippen LogP contribution in [0.2, 0.25) is 0 Å². The topological polar surface area (TPSA) is 0 Å². The molecule has 0 saturated heterocycles. The van der Waals surface area contributed by atoms with E-state index in [4.69, 9.17) is 5.48 Å². The lowest BCUT2D eigenvalue weighted by Gasteiger charge is -2.22. The molecular weight excluding hydrogens is 96.1 g/mol. The number of hydrogen-bond acceptors (Lipinski definition) is 0. The summed E-state index contributed by atoms with van der Waals surface area (Å²) in [7, 11) is 0. The summed E-state index contributed by atoms with van der Waals surface area (Å²) in [4.78, 5) is 0. The van der Waals surface area contributed by atoms with Crippen molar-refractivity contribution in [3.05, 3.63) is 0 Å². The van der Waals surface area contributed by atoms with Gasteiger partial charge in [-0.15, -0.1) is 0 Å². The Morgan fingerprint density at radius 2 is 1.62 bits per heavy atom. The Morgan fingerprint density at radius 3 is 2.12 bits per heavy atom. The third-order valence-electron chi connectivity index (χ3n) is 1.54. The predicted molar refractivity (Wildman–Crippen MR) is 36.8 cm³/mol. The van der Waals surface area contributed by atoms with Gasteiger partial charge in [0, 0.05) is 5.48 Å². The minimum absolute atomic E-state index is 0.159. The summed E-state index contributed by atoms with van der Waals surface area (Å²) in [5, 5.41) is 0. The molecule has 0 aromatic heterocycles. The van der Waals surface area contributed by atoms with Crippen molar-refractivity contribution in [3.8, 4) is 0 Å². The van der Waals surface area contributed by atoms with Gasteiger partial charge >= 0.3 is 0 Å². The zero-order chi connectivity index (χ0) is 9.57. The normalized spacial score (nSPS) is 59.8. The lowest BCUT2D eigenvalue weighted by Crippen LogP contribution is -2.08. The first-order chi connectivity index (χ1) is 5.26. The Labute approximate surface area is 57.9 Å². The molecule has 1 saturated carbocycles. The van der Waals surface area contributed by atoms with Gasteiger partial charge in [0.05, 0.1) is 0 Å². The van der Waals surface area contributed by atoms with Crippen LogP contribution in [0.3, 0.4) is 0 Å². The molecule has 1 rings (SSSR count). The van der Waals surface area contributed by atoms with E-state index in [1.54, 1.807) is 6.92 Å². The van der Waals surface area contributed by atoms with E-state index < -0.39 is 18.7 Å². The van der Waals surface area contributed by atoms with Crippen LogP contribution in [0.15, 0.2) is 0 Å². The predicted octanol–water partition coefficient (Wildman–Crippen LogP) is 2.83. The molecule has 0 atom stereocenters. The molecule has 0 spiro atoms. The first kappa shape index (κ1) is 2.72. The van der Waals surface area contributed by atoms with Crippen LogP contribution in [0.25, 0.3) is 0 Å². The quantitative estimate of drug-likeness (QED) is 0.456. The monoisotopic (exact) mass is 116 g/mol. The Kier molecular flexibility index (Phi) is 0.858. The molecule has 0 unspecified atom stereocenters. The van der Waals surface area contributed by atoms with Crippen molar-refractivity contribution >= 4 is 0 Å². The molecule has 48 valence electrons. The van der Waals surface area contributed by atoms with Gasteiger partial charge in [-0.1, -0.05) is 39.4 Å². The molecule has 0 heterocycles. The largest absolute Gasteiger partial charge is 0.0625 e. The SMILES string of the molecule is [2H]C1([2H])CC(C)CC([2H])([2H])C1C. The fraction of sp³-hybridized carbons (Fsp3) is 1.00. The maximum absolute atomic E-state index is 7.64. The van der Waals surface area contributed by atoms with E-state index in [2.05, 4.69) is 0 Å². The van der Waals surface area contributed by atoms with Gasteiger partial charge in [0.15, 0.2) is 0 Å². The highest BCUT2D eigenvalue weighted by Gasteiger charge is 2.13. The van der Waals surface area contributed by atoms with E-state index in [-0.39, 0.29) is 5.92 Å². The molecule has 8 heavy (non-hydrogen) atoms. The standard InChI is InChI=1S/C8H16/c1-7-3-5-8(2)6-4-7/h7-8H,3-6H2,1-2H3/i3D2,4D2. The lowest BCUT2D eigenvalue weighted by molar-refractivity contribution is 0.308. The van der Waals surface area contributed by atoms with Crippen LogP contribution in [-0.4, -0.2) is 0 Å². The first-order valence-electron chi connectivity index (χ1n) is 5.26. The van der Waals surface area contributed by atoms with Gasteiger partial charge in [-0.2, -0.15) is 0 Å². The van der Waals surface area contributed by atoms with Crippen molar-refractivity contribution in [2.45, 2.75) is 39.4 Å². The maximum atomic E-state index is 7.64. The smallest absolute Gasteiger partial charge is 0.0269 e. The lowest BCUT2D eigenvalue weighted by atomic mass is 9.84. The fourth-order valence-corrected chi connectivity index (χ4v) is 0.900. The van der Waals surface area contributed by atoms with Gasteiger partial charge in [-0.25, -0.2) is 0 Å². The maximum Gasteiger partial charge on any atom is 0.0269 e. The third kappa shape index (κ3) is 1.50. The summed E-state index contributed by atoms with van der Waals surface area (Å²) in [6.07, 6.45) is -1.68. The van der Waals surface area contributed by atoms with E-state index in [0.29, 0.717) is 12.8 Å². The number of rotatable bonds is 0. The van der Waals surface area contributed by atoms with Gasteiger partial charge in [-0.05, 0) is 11.8 Å². The second kappa shape index (κ2) is 2.52. The molecule has 0 aromatic carbocycles. The van der Waals surface area contributed by atoms with Crippen LogP contribution in [0.5, 0.6) is 0 Å². The molecule has 0 aromatic rings. The van der Waals surface area contributed by atoms with E-state index in [0.717, 1.165) is 0 Å². The summed E-state index contributed by atoms with van der Waals surface area (Å²) in [5.74, 6) is -0.326. The van der Waals surface area contributed by atoms with Crippen LogP contribution in [0.1, 0.15) is 44.9 Å². The van der Waals surface area contributed by atoms with Gasteiger partial charge in [0.25, 0.3) is 0 Å². The van der Waals surface area contributed by atoms with Gasteiger partial charge in [0.2, 0.25) is 0 Å². The molecule has 0 N–H and O–H groups in total. The molecule has 0 bridgehead atoms. The third-order valence-corrected chi connectivity index (χ3v) is 1.54. The molecule has 0 nitrogen and oxygen atoms in total. The molecule has 1 aliphatic carbocycles. The van der Waals surface area contributed by atoms with E-state index >= 15 is 0 Å². The zero-order valence-corrected chi connectivity index (χ0v) is 5.57. The summed E-state index contributed by atoms with van der Waals surface area (Å²) < 4.78 is 30.6. The van der Waals surface area contributed by atoms with Crippen molar-refractivity contribution in [1.29, 1.82) is 0 Å². The Hall–Kier alpha value is 0. The van der Waals surface area contributed by atoms with Crippen molar-refractivity contribution in [2.24, 2.45) is 11.8 Å². The second-order valence-electron chi connectivity index (χ2n) is 2.64. The van der Waals surface area contributed by atoms with Crippen molar-refractivity contribution in [2.75, 3.05) is 0 Å². The highest BCUT2D eigenvalue weighted by atomic mass is 14.2. The highest BCUT2D eigenvalue weighted by Crippen LogP contribution is 2.27. The molecule has 1 fully saturated rings. The van der Waals surface area contributed by atoms with Crippen LogP contribution in [-0.2, 0) is 0 Å². The van der Waals surface area contributed by atoms with Crippen molar-refractivity contribution in [1.82, 2.24) is 0 Å².